The highest BCUT2D eigenvalue weighted by Gasteiger charge is 2.48. The van der Waals surface area contributed by atoms with Gasteiger partial charge >= 0.3 is 5.97 Å². The molecule has 1 N–H and O–H groups in total. The molecular weight excluding hydrogens is 416 g/mol. The van der Waals surface area contributed by atoms with Gasteiger partial charge in [-0.05, 0) is 55.5 Å². The van der Waals surface area contributed by atoms with Gasteiger partial charge in [0, 0.05) is 36.2 Å². The van der Waals surface area contributed by atoms with E-state index in [2.05, 4.69) is 6.92 Å². The number of fused-ring (bicyclic) bond motifs is 2. The topological polar surface area (TPSA) is 77.9 Å². The van der Waals surface area contributed by atoms with Crippen LogP contribution in [0.5, 0.6) is 0 Å². The third-order valence-corrected chi connectivity index (χ3v) is 7.16. The summed E-state index contributed by atoms with van der Waals surface area (Å²) in [6.07, 6.45) is 3.58. The molecule has 2 amide bonds. The Morgan fingerprint density at radius 3 is 2.39 bits per heavy atom. The SMILES string of the molecule is CCc1ccc(C(=O)N2c3ccccc3[C@H](N(CC)C(=O)CCC(=O)O)[C@H]3CCC[C@H]32)cc1. The van der Waals surface area contributed by atoms with E-state index in [-0.39, 0.29) is 42.7 Å². The van der Waals surface area contributed by atoms with Crippen LogP contribution in [0.1, 0.15) is 73.5 Å². The summed E-state index contributed by atoms with van der Waals surface area (Å²) >= 11 is 0. The summed E-state index contributed by atoms with van der Waals surface area (Å²) in [7, 11) is 0. The molecule has 4 rings (SSSR count). The van der Waals surface area contributed by atoms with E-state index in [1.54, 1.807) is 0 Å². The summed E-state index contributed by atoms with van der Waals surface area (Å²) in [6.45, 7) is 4.55. The van der Waals surface area contributed by atoms with Gasteiger partial charge in [0.2, 0.25) is 5.91 Å². The van der Waals surface area contributed by atoms with E-state index < -0.39 is 5.97 Å². The quantitative estimate of drug-likeness (QED) is 0.658. The number of carboxylic acids is 1. The van der Waals surface area contributed by atoms with Crippen molar-refractivity contribution in [2.75, 3.05) is 11.4 Å². The number of hydrogen-bond acceptors (Lipinski definition) is 3. The molecule has 0 saturated heterocycles. The molecule has 174 valence electrons. The molecule has 0 radical (unpaired) electrons. The van der Waals surface area contributed by atoms with Crippen molar-refractivity contribution in [1.29, 1.82) is 0 Å². The standard InChI is InChI=1S/C27H32N2O4/c1-3-18-12-14-19(15-13-18)27(33)29-22-10-6-5-8-20(22)26(21-9-7-11-23(21)29)28(4-2)24(30)16-17-25(31)32/h5-6,8,10,12-15,21,23,26H,3-4,7,9,11,16-17H2,1-2H3,(H,31,32)/t21-,23+,26-/m0/s1. The summed E-state index contributed by atoms with van der Waals surface area (Å²) in [5.74, 6) is -0.971. The molecule has 6 heteroatoms. The molecule has 6 nitrogen and oxygen atoms in total. The molecule has 0 bridgehead atoms. The molecule has 3 atom stereocenters. The summed E-state index contributed by atoms with van der Waals surface area (Å²) in [5, 5.41) is 9.06. The van der Waals surface area contributed by atoms with Gasteiger partial charge in [-0.3, -0.25) is 14.4 Å². The normalized spacial score (nSPS) is 21.3. The van der Waals surface area contributed by atoms with E-state index in [1.807, 2.05) is 65.3 Å². The van der Waals surface area contributed by atoms with E-state index in [4.69, 9.17) is 5.11 Å². The zero-order chi connectivity index (χ0) is 23.5. The number of para-hydroxylation sites is 1. The van der Waals surface area contributed by atoms with Crippen molar-refractivity contribution in [3.8, 4) is 0 Å². The molecule has 0 unspecified atom stereocenters. The number of carboxylic acid groups (broad SMARTS) is 1. The number of aryl methyl sites for hydroxylation is 1. The molecule has 33 heavy (non-hydrogen) atoms. The maximum Gasteiger partial charge on any atom is 0.303 e. The smallest absolute Gasteiger partial charge is 0.303 e. The molecule has 1 heterocycles. The molecule has 0 spiro atoms. The van der Waals surface area contributed by atoms with Crippen molar-refractivity contribution in [1.82, 2.24) is 4.90 Å². The molecule has 2 aromatic rings. The Balaban J connectivity index is 1.73. The van der Waals surface area contributed by atoms with Gasteiger partial charge in [-0.1, -0.05) is 43.7 Å². The van der Waals surface area contributed by atoms with Crippen molar-refractivity contribution < 1.29 is 19.5 Å². The minimum Gasteiger partial charge on any atom is -0.481 e. The Morgan fingerprint density at radius 1 is 1.00 bits per heavy atom. The van der Waals surface area contributed by atoms with Crippen LogP contribution >= 0.6 is 0 Å². The zero-order valence-electron chi connectivity index (χ0n) is 19.4. The van der Waals surface area contributed by atoms with Gasteiger partial charge in [0.05, 0.1) is 12.5 Å². The maximum absolute atomic E-state index is 13.7. The average Bonchev–Trinajstić information content (AvgIpc) is 3.31. The number of amides is 2. The van der Waals surface area contributed by atoms with E-state index in [9.17, 15) is 14.4 Å². The lowest BCUT2D eigenvalue weighted by Gasteiger charge is -2.47. The number of anilines is 1. The van der Waals surface area contributed by atoms with Gasteiger partial charge in [0.25, 0.3) is 5.91 Å². The van der Waals surface area contributed by atoms with Crippen molar-refractivity contribution in [2.45, 2.75) is 64.5 Å². The van der Waals surface area contributed by atoms with Crippen LogP contribution in [-0.4, -0.2) is 40.4 Å². The number of nitrogens with zero attached hydrogens (tertiary/aromatic N) is 2. The monoisotopic (exact) mass is 448 g/mol. The minimum absolute atomic E-state index is 0.000653. The van der Waals surface area contributed by atoms with Crippen LogP contribution in [0.3, 0.4) is 0 Å². The highest BCUT2D eigenvalue weighted by molar-refractivity contribution is 6.07. The van der Waals surface area contributed by atoms with Crippen molar-refractivity contribution in [2.24, 2.45) is 5.92 Å². The first kappa shape index (κ1) is 23.0. The second-order valence-electron chi connectivity index (χ2n) is 8.96. The molecule has 1 aliphatic carbocycles. The second kappa shape index (κ2) is 9.77. The van der Waals surface area contributed by atoms with Gasteiger partial charge in [-0.2, -0.15) is 0 Å². The largest absolute Gasteiger partial charge is 0.481 e. The zero-order valence-corrected chi connectivity index (χ0v) is 19.4. The molecule has 1 aliphatic heterocycles. The predicted molar refractivity (Wildman–Crippen MR) is 127 cm³/mol. The Labute approximate surface area is 195 Å². The lowest BCUT2D eigenvalue weighted by molar-refractivity contribution is -0.142. The van der Waals surface area contributed by atoms with Gasteiger partial charge in [0.15, 0.2) is 0 Å². The van der Waals surface area contributed by atoms with Crippen molar-refractivity contribution >= 4 is 23.5 Å². The maximum atomic E-state index is 13.7. The molecule has 2 aromatic carbocycles. The molecule has 1 saturated carbocycles. The van der Waals surface area contributed by atoms with Gasteiger partial charge in [-0.25, -0.2) is 0 Å². The second-order valence-corrected chi connectivity index (χ2v) is 8.96. The third kappa shape index (κ3) is 4.39. The van der Waals surface area contributed by atoms with Gasteiger partial charge in [0.1, 0.15) is 0 Å². The van der Waals surface area contributed by atoms with Crippen molar-refractivity contribution in [3.63, 3.8) is 0 Å². The van der Waals surface area contributed by atoms with Crippen LogP contribution in [0.2, 0.25) is 0 Å². The minimum atomic E-state index is -0.965. The Morgan fingerprint density at radius 2 is 1.73 bits per heavy atom. The fraction of sp³-hybridized carbons (Fsp3) is 0.444. The molecular formula is C27H32N2O4. The van der Waals surface area contributed by atoms with E-state index in [1.165, 1.54) is 5.56 Å². The third-order valence-electron chi connectivity index (χ3n) is 7.16. The van der Waals surface area contributed by atoms with Crippen LogP contribution < -0.4 is 4.90 Å². The van der Waals surface area contributed by atoms with E-state index in [0.29, 0.717) is 12.1 Å². The van der Waals surface area contributed by atoms with Gasteiger partial charge in [-0.15, -0.1) is 0 Å². The number of hydrogen-bond donors (Lipinski definition) is 1. The van der Waals surface area contributed by atoms with Crippen LogP contribution in [-0.2, 0) is 16.0 Å². The fourth-order valence-corrected chi connectivity index (χ4v) is 5.59. The highest BCUT2D eigenvalue weighted by Crippen LogP contribution is 2.50. The lowest BCUT2D eigenvalue weighted by Crippen LogP contribution is -2.52. The summed E-state index contributed by atoms with van der Waals surface area (Å²) in [6, 6.07) is 15.6. The van der Waals surface area contributed by atoms with Crippen LogP contribution in [0.25, 0.3) is 0 Å². The number of rotatable bonds is 7. The summed E-state index contributed by atoms with van der Waals surface area (Å²) < 4.78 is 0. The Kier molecular flexibility index (Phi) is 6.82. The lowest BCUT2D eigenvalue weighted by atomic mass is 9.81. The predicted octanol–water partition coefficient (Wildman–Crippen LogP) is 4.83. The molecule has 0 aromatic heterocycles. The van der Waals surface area contributed by atoms with E-state index in [0.717, 1.165) is 36.9 Å². The number of carbonyl (C=O) groups excluding carboxylic acids is 2. The number of aliphatic carboxylic acids is 1. The molecule has 1 fully saturated rings. The summed E-state index contributed by atoms with van der Waals surface area (Å²) in [5.41, 5.74) is 3.71. The molecule has 2 aliphatic rings. The Bertz CT molecular complexity index is 1030. The highest BCUT2D eigenvalue weighted by atomic mass is 16.4. The Hall–Kier alpha value is -3.15. The number of carbonyl (C=O) groups is 3. The van der Waals surface area contributed by atoms with Crippen LogP contribution in [0.4, 0.5) is 5.69 Å². The first-order chi connectivity index (χ1) is 16.0. The van der Waals surface area contributed by atoms with Gasteiger partial charge < -0.3 is 14.9 Å². The average molecular weight is 449 g/mol. The fourth-order valence-electron chi connectivity index (χ4n) is 5.59. The van der Waals surface area contributed by atoms with Crippen molar-refractivity contribution in [3.05, 3.63) is 65.2 Å². The van der Waals surface area contributed by atoms with Crippen LogP contribution in [0, 0.1) is 5.92 Å². The first-order valence-electron chi connectivity index (χ1n) is 12.0. The van der Waals surface area contributed by atoms with Crippen LogP contribution in [0.15, 0.2) is 48.5 Å². The number of benzene rings is 2. The first-order valence-corrected chi connectivity index (χ1v) is 12.0. The summed E-state index contributed by atoms with van der Waals surface area (Å²) in [4.78, 5) is 41.6. The van der Waals surface area contributed by atoms with E-state index >= 15 is 0 Å².